The number of nitrogens with one attached hydrogen (secondary N) is 1. The molecule has 1 N–H and O–H groups in total. The smallest absolute Gasteiger partial charge is 0.164 e. The molecule has 6 aromatic carbocycles. The first kappa shape index (κ1) is 30.7. The first-order valence-corrected chi connectivity index (χ1v) is 17.6. The average molecular weight is 660 g/mol. The lowest BCUT2D eigenvalue weighted by atomic mass is 9.74. The molecule has 7 aromatic rings. The van der Waals surface area contributed by atoms with Gasteiger partial charge in [-0.3, -0.25) is 0 Å². The van der Waals surface area contributed by atoms with Gasteiger partial charge in [-0.25, -0.2) is 15.0 Å². The van der Waals surface area contributed by atoms with E-state index in [2.05, 4.69) is 133 Å². The molecule has 3 heterocycles. The lowest BCUT2D eigenvalue weighted by Gasteiger charge is -2.57. The van der Waals surface area contributed by atoms with Gasteiger partial charge in [-0.05, 0) is 47.4 Å². The summed E-state index contributed by atoms with van der Waals surface area (Å²) in [6, 6.07) is 57.5. The molecule has 5 nitrogen and oxygen atoms in total. The van der Waals surface area contributed by atoms with Crippen LogP contribution in [0.15, 0.2) is 176 Å². The normalized spacial score (nSPS) is 19.1. The lowest BCUT2D eigenvalue weighted by molar-refractivity contribution is 0.272. The molecule has 0 amide bonds. The Kier molecular flexibility index (Phi) is 7.54. The molecule has 0 radical (unpaired) electrons. The highest BCUT2D eigenvalue weighted by molar-refractivity contribution is 5.78. The van der Waals surface area contributed by atoms with Crippen molar-refractivity contribution in [1.82, 2.24) is 20.3 Å². The van der Waals surface area contributed by atoms with E-state index in [-0.39, 0.29) is 11.6 Å². The van der Waals surface area contributed by atoms with Crippen LogP contribution in [0, 0.1) is 0 Å². The topological polar surface area (TPSA) is 53.9 Å². The maximum Gasteiger partial charge on any atom is 0.164 e. The second-order valence-electron chi connectivity index (χ2n) is 13.6. The van der Waals surface area contributed by atoms with Gasteiger partial charge in [-0.2, -0.15) is 0 Å². The third-order valence-corrected chi connectivity index (χ3v) is 10.4. The molecule has 1 fully saturated rings. The van der Waals surface area contributed by atoms with Crippen LogP contribution in [0.25, 0.3) is 45.3 Å². The van der Waals surface area contributed by atoms with E-state index in [1.165, 1.54) is 28.2 Å². The Labute approximate surface area is 299 Å². The minimum atomic E-state index is -0.271. The summed E-state index contributed by atoms with van der Waals surface area (Å²) in [5.74, 6) is 2.26. The molecule has 51 heavy (non-hydrogen) atoms. The lowest BCUT2D eigenvalue weighted by Crippen LogP contribution is -2.65. The largest absolute Gasteiger partial charge is 0.377 e. The first-order chi connectivity index (χ1) is 25.1. The summed E-state index contributed by atoms with van der Waals surface area (Å²) in [4.78, 5) is 17.2. The van der Waals surface area contributed by atoms with Gasteiger partial charge < -0.3 is 10.2 Å². The number of fused-ring (bicyclic) bond motifs is 2. The maximum absolute atomic E-state index is 4.91. The third kappa shape index (κ3) is 5.38. The van der Waals surface area contributed by atoms with Crippen LogP contribution in [0.2, 0.25) is 0 Å². The monoisotopic (exact) mass is 659 g/mol. The van der Waals surface area contributed by atoms with Crippen LogP contribution >= 0.6 is 0 Å². The predicted octanol–water partition coefficient (Wildman–Crippen LogP) is 10.8. The summed E-state index contributed by atoms with van der Waals surface area (Å²) in [6.07, 6.45) is 2.41. The fourth-order valence-corrected chi connectivity index (χ4v) is 7.67. The van der Waals surface area contributed by atoms with E-state index in [0.717, 1.165) is 27.8 Å². The van der Waals surface area contributed by atoms with Gasteiger partial charge in [0, 0.05) is 39.7 Å². The van der Waals surface area contributed by atoms with E-state index in [9.17, 15) is 0 Å². The van der Waals surface area contributed by atoms with Crippen LogP contribution < -0.4 is 10.2 Å². The average Bonchev–Trinajstić information content (AvgIpc) is 3.27. The minimum absolute atomic E-state index is 0.149. The first-order valence-electron chi connectivity index (χ1n) is 17.6. The summed E-state index contributed by atoms with van der Waals surface area (Å²) in [5.41, 5.74) is 11.2. The van der Waals surface area contributed by atoms with Crippen molar-refractivity contribution in [2.75, 3.05) is 4.90 Å². The van der Waals surface area contributed by atoms with Gasteiger partial charge in [0.1, 0.15) is 5.54 Å². The van der Waals surface area contributed by atoms with Crippen LogP contribution in [-0.4, -0.2) is 20.5 Å². The van der Waals surface area contributed by atoms with Gasteiger partial charge in [0.25, 0.3) is 0 Å². The van der Waals surface area contributed by atoms with E-state index in [1.54, 1.807) is 0 Å². The van der Waals surface area contributed by atoms with Crippen molar-refractivity contribution in [1.29, 1.82) is 0 Å². The summed E-state index contributed by atoms with van der Waals surface area (Å²) < 4.78 is 0. The van der Waals surface area contributed by atoms with Gasteiger partial charge >= 0.3 is 0 Å². The molecule has 5 heteroatoms. The van der Waals surface area contributed by atoms with Crippen LogP contribution in [0.1, 0.15) is 36.9 Å². The van der Waals surface area contributed by atoms with Crippen molar-refractivity contribution in [3.63, 3.8) is 0 Å². The van der Waals surface area contributed by atoms with Gasteiger partial charge in [-0.15, -0.1) is 0 Å². The van der Waals surface area contributed by atoms with E-state index in [4.69, 9.17) is 15.0 Å². The number of para-hydroxylation sites is 1. The zero-order valence-electron chi connectivity index (χ0n) is 28.6. The Bertz CT molecular complexity index is 2300. The van der Waals surface area contributed by atoms with E-state index >= 15 is 0 Å². The van der Waals surface area contributed by atoms with E-state index < -0.39 is 0 Å². The molecule has 9 rings (SSSR count). The molecule has 246 valence electrons. The van der Waals surface area contributed by atoms with E-state index in [1.807, 2.05) is 60.7 Å². The van der Waals surface area contributed by atoms with Crippen LogP contribution in [0.4, 0.5) is 11.4 Å². The van der Waals surface area contributed by atoms with Crippen molar-refractivity contribution in [2.45, 2.75) is 31.3 Å². The molecule has 0 aliphatic carbocycles. The van der Waals surface area contributed by atoms with E-state index in [0.29, 0.717) is 23.4 Å². The molecule has 0 bridgehead atoms. The van der Waals surface area contributed by atoms with Crippen molar-refractivity contribution in [3.05, 3.63) is 187 Å². The molecule has 0 saturated carbocycles. The third-order valence-electron chi connectivity index (χ3n) is 10.4. The maximum atomic E-state index is 4.91. The highest BCUT2D eigenvalue weighted by atomic mass is 15.3. The van der Waals surface area contributed by atoms with Gasteiger partial charge in [0.2, 0.25) is 0 Å². The van der Waals surface area contributed by atoms with Gasteiger partial charge in [0.15, 0.2) is 17.5 Å². The summed E-state index contributed by atoms with van der Waals surface area (Å²) in [7, 11) is 0. The van der Waals surface area contributed by atoms with Gasteiger partial charge in [0.05, 0.1) is 6.04 Å². The molecule has 2 aliphatic heterocycles. The molecular formula is C46H37N5. The standard InChI is InChI=1S/C46H37N5/c1-31-30-41-46(2,42(47-41)34-14-6-3-7-15-34)51(40-21-13-12-20-39(31)40)38-28-26-33(27-29-38)32-22-24-37(25-23-32)45-49-43(35-16-8-4-9-17-35)48-44(50-45)36-18-10-5-11-19-36/h3-31,42,47H,1-2H3/t31?,42?,46-/m1/s1. The Hall–Kier alpha value is -6.33. The number of benzene rings is 6. The fourth-order valence-electron chi connectivity index (χ4n) is 7.67. The molecule has 3 atom stereocenters. The van der Waals surface area contributed by atoms with Crippen molar-refractivity contribution < 1.29 is 0 Å². The highest BCUT2D eigenvalue weighted by Gasteiger charge is 2.54. The fraction of sp³-hybridized carbons (Fsp3) is 0.109. The highest BCUT2D eigenvalue weighted by Crippen LogP contribution is 2.54. The molecule has 0 spiro atoms. The second kappa shape index (κ2) is 12.5. The van der Waals surface area contributed by atoms with Crippen LogP contribution in [0.3, 0.4) is 0 Å². The Morgan fingerprint density at radius 1 is 0.510 bits per heavy atom. The SMILES string of the molecule is CC1C=C2NC(c3ccccc3)[C@]2(C)N(c2ccc(-c3ccc(-c4nc(-c5ccccc5)nc(-c5ccccc5)n4)cc3)cc2)c2ccccc21. The zero-order valence-corrected chi connectivity index (χ0v) is 28.6. The predicted molar refractivity (Wildman–Crippen MR) is 207 cm³/mol. The number of allylic oxidation sites excluding steroid dienone is 1. The Balaban J connectivity index is 1.06. The minimum Gasteiger partial charge on any atom is -0.377 e. The van der Waals surface area contributed by atoms with Crippen LogP contribution in [0.5, 0.6) is 0 Å². The second-order valence-corrected chi connectivity index (χ2v) is 13.6. The Morgan fingerprint density at radius 3 is 1.53 bits per heavy atom. The molecular weight excluding hydrogens is 623 g/mol. The number of anilines is 2. The van der Waals surface area contributed by atoms with Crippen molar-refractivity contribution in [3.8, 4) is 45.3 Å². The zero-order chi connectivity index (χ0) is 34.4. The molecule has 1 aromatic heterocycles. The van der Waals surface area contributed by atoms with Crippen molar-refractivity contribution >= 4 is 11.4 Å². The number of nitrogens with zero attached hydrogens (tertiary/aromatic N) is 4. The summed E-state index contributed by atoms with van der Waals surface area (Å²) in [5, 5.41) is 3.83. The van der Waals surface area contributed by atoms with Crippen molar-refractivity contribution in [2.24, 2.45) is 0 Å². The number of aromatic nitrogens is 3. The summed E-state index contributed by atoms with van der Waals surface area (Å²) >= 11 is 0. The molecule has 1 saturated heterocycles. The molecule has 2 unspecified atom stereocenters. The quantitative estimate of drug-likeness (QED) is 0.193. The number of hydrogen-bond donors (Lipinski definition) is 1. The Morgan fingerprint density at radius 2 is 0.961 bits per heavy atom. The number of hydrogen-bond acceptors (Lipinski definition) is 5. The molecule has 2 aliphatic rings. The van der Waals surface area contributed by atoms with Crippen LogP contribution in [-0.2, 0) is 0 Å². The number of rotatable bonds is 6. The summed E-state index contributed by atoms with van der Waals surface area (Å²) in [6.45, 7) is 4.67. The van der Waals surface area contributed by atoms with Gasteiger partial charge in [-0.1, -0.05) is 159 Å².